The molecule has 81 valence electrons. The molecule has 0 atom stereocenters. The summed E-state index contributed by atoms with van der Waals surface area (Å²) in [6.45, 7) is -0.642. The summed E-state index contributed by atoms with van der Waals surface area (Å²) in [6, 6.07) is 9.42. The zero-order valence-corrected chi connectivity index (χ0v) is 23.4. The number of rotatable bonds is 4. The van der Waals surface area contributed by atoms with Gasteiger partial charge in [-0.1, -0.05) is 35.9 Å². The van der Waals surface area contributed by atoms with E-state index in [0.717, 1.165) is 5.56 Å². The molecule has 0 bridgehead atoms. The molecule has 1 aromatic carbocycles. The standard InChI is InChI=1S/C10H14NO2.3Ac/c11-10(7-12,8-13)6-9-4-2-1-3-5-9;;;/h1-5,11-13H,6-8H2;;;/q-1;;;. The maximum absolute atomic E-state index is 8.90. The molecule has 0 aliphatic heterocycles. The van der Waals surface area contributed by atoms with E-state index in [2.05, 4.69) is 0 Å². The molecule has 0 fully saturated rings. The fourth-order valence-electron chi connectivity index (χ4n) is 1.15. The van der Waals surface area contributed by atoms with Gasteiger partial charge in [0.2, 0.25) is 0 Å². The summed E-state index contributed by atoms with van der Waals surface area (Å²) < 4.78 is 0. The number of aliphatic hydroxyl groups excluding tert-OH is 2. The van der Waals surface area contributed by atoms with E-state index in [9.17, 15) is 0 Å². The molecule has 0 spiro atoms. The Bertz CT molecular complexity index is 256. The van der Waals surface area contributed by atoms with Gasteiger partial charge in [-0.3, -0.25) is 0 Å². The minimum Gasteiger partial charge on any atom is -0.668 e. The van der Waals surface area contributed by atoms with Crippen LogP contribution in [0.5, 0.6) is 0 Å². The quantitative estimate of drug-likeness (QED) is 0.476. The summed E-state index contributed by atoms with van der Waals surface area (Å²) >= 11 is 0. The van der Waals surface area contributed by atoms with E-state index in [-0.39, 0.29) is 145 Å². The molecule has 6 heteroatoms. The number of aliphatic hydroxyl groups is 2. The van der Waals surface area contributed by atoms with Crippen molar-refractivity contribution in [1.82, 2.24) is 0 Å². The van der Waals surface area contributed by atoms with E-state index in [4.69, 9.17) is 15.9 Å². The number of hydrogen-bond acceptors (Lipinski definition) is 2. The normalized spacial score (nSPS) is 9.44. The fourth-order valence-corrected chi connectivity index (χ4v) is 1.15. The summed E-state index contributed by atoms with van der Waals surface area (Å²) in [4.78, 5) is 0. The molecule has 0 heterocycles. The van der Waals surface area contributed by atoms with Crippen molar-refractivity contribution in [2.24, 2.45) is 0 Å². The molecule has 3 nitrogen and oxygen atoms in total. The van der Waals surface area contributed by atoms with Gasteiger partial charge in [-0.2, -0.15) is 0 Å². The molecule has 0 unspecified atom stereocenters. The van der Waals surface area contributed by atoms with E-state index in [0.29, 0.717) is 6.42 Å². The molecule has 16 heavy (non-hydrogen) atoms. The molecular formula is C10H14Ac3NO2-. The average Bonchev–Trinajstić information content (AvgIpc) is 2.19. The fraction of sp³-hybridized carbons (Fsp3) is 0.400. The van der Waals surface area contributed by atoms with Gasteiger partial charge in [0.1, 0.15) is 0 Å². The summed E-state index contributed by atoms with van der Waals surface area (Å²) in [5.74, 6) is 0. The minimum atomic E-state index is -1.15. The Labute approximate surface area is 204 Å². The van der Waals surface area contributed by atoms with Gasteiger partial charge in [-0.15, -0.1) is 0 Å². The second-order valence-corrected chi connectivity index (χ2v) is 3.26. The van der Waals surface area contributed by atoms with Crippen LogP contribution < -0.4 is 0 Å². The molecule has 3 radical (unpaired) electrons. The summed E-state index contributed by atoms with van der Waals surface area (Å²) in [6.07, 6.45) is 0.376. The van der Waals surface area contributed by atoms with Gasteiger partial charge < -0.3 is 15.9 Å². The van der Waals surface area contributed by atoms with Crippen LogP contribution in [0, 0.1) is 132 Å². The number of nitrogens with one attached hydrogen (secondary N) is 1. The average molecular weight is 861 g/mol. The molecule has 0 saturated heterocycles. The predicted molar refractivity (Wildman–Crippen MR) is 51.4 cm³/mol. The van der Waals surface area contributed by atoms with Crippen LogP contribution in [0.2, 0.25) is 0 Å². The Morgan fingerprint density at radius 3 is 1.75 bits per heavy atom. The Morgan fingerprint density at radius 2 is 1.38 bits per heavy atom. The molecule has 1 rings (SSSR count). The van der Waals surface area contributed by atoms with Crippen molar-refractivity contribution in [3.05, 3.63) is 41.6 Å². The van der Waals surface area contributed by atoms with Crippen molar-refractivity contribution >= 4 is 0 Å². The Hall–Kier alpha value is 3.42. The zero-order valence-electron chi connectivity index (χ0n) is 9.13. The molecule has 0 aliphatic carbocycles. The predicted octanol–water partition coefficient (Wildman–Crippen LogP) is 1.00. The Kier molecular flexibility index (Phi) is 20.5. The second-order valence-electron chi connectivity index (χ2n) is 3.26. The Balaban J connectivity index is -0.000000563. The van der Waals surface area contributed by atoms with Gasteiger partial charge in [0, 0.05) is 145 Å². The van der Waals surface area contributed by atoms with Gasteiger partial charge in [-0.05, 0) is 12.0 Å². The van der Waals surface area contributed by atoms with Crippen LogP contribution in [-0.2, 0) is 6.42 Å². The first-order valence-corrected chi connectivity index (χ1v) is 4.21. The molecule has 1 aromatic rings. The van der Waals surface area contributed by atoms with Gasteiger partial charge in [-0.25, -0.2) is 0 Å². The van der Waals surface area contributed by atoms with Crippen molar-refractivity contribution in [2.45, 2.75) is 12.0 Å². The third-order valence-electron chi connectivity index (χ3n) is 1.99. The maximum atomic E-state index is 8.90. The third-order valence-corrected chi connectivity index (χ3v) is 1.99. The van der Waals surface area contributed by atoms with Crippen LogP contribution in [-0.4, -0.2) is 29.0 Å². The SMILES string of the molecule is [Ac].[Ac].[Ac].[NH-]C(CO)(CO)Cc1ccccc1. The van der Waals surface area contributed by atoms with Gasteiger partial charge >= 0.3 is 0 Å². The molecule has 0 aromatic heterocycles. The second kappa shape index (κ2) is 13.4. The third kappa shape index (κ3) is 9.35. The topological polar surface area (TPSA) is 64.3 Å². The Morgan fingerprint density at radius 1 is 0.938 bits per heavy atom. The largest absolute Gasteiger partial charge is 0.668 e. The number of benzene rings is 1. The van der Waals surface area contributed by atoms with E-state index >= 15 is 0 Å². The van der Waals surface area contributed by atoms with Crippen molar-refractivity contribution in [3.63, 3.8) is 0 Å². The van der Waals surface area contributed by atoms with Crippen LogP contribution in [0.25, 0.3) is 5.73 Å². The van der Waals surface area contributed by atoms with Crippen molar-refractivity contribution < 1.29 is 142 Å². The van der Waals surface area contributed by atoms with Crippen LogP contribution in [0.15, 0.2) is 30.3 Å². The summed E-state index contributed by atoms with van der Waals surface area (Å²) in [5, 5.41) is 17.8. The smallest absolute Gasteiger partial charge is 0.0321 e. The van der Waals surface area contributed by atoms with E-state index < -0.39 is 5.54 Å². The molecule has 3 N–H and O–H groups in total. The summed E-state index contributed by atoms with van der Waals surface area (Å²) in [7, 11) is 0. The van der Waals surface area contributed by atoms with Crippen LogP contribution in [0.4, 0.5) is 0 Å². The monoisotopic (exact) mass is 861 g/mol. The molecule has 0 amide bonds. The van der Waals surface area contributed by atoms with Gasteiger partial charge in [0.05, 0.1) is 0 Å². The first-order chi connectivity index (χ1) is 6.20. The molecule has 0 saturated carbocycles. The van der Waals surface area contributed by atoms with Crippen LogP contribution in [0.1, 0.15) is 5.56 Å². The van der Waals surface area contributed by atoms with Gasteiger partial charge in [0.15, 0.2) is 0 Å². The van der Waals surface area contributed by atoms with E-state index in [1.54, 1.807) is 0 Å². The van der Waals surface area contributed by atoms with Crippen LogP contribution in [0.3, 0.4) is 0 Å². The number of hydrogen-bond donors (Lipinski definition) is 2. The van der Waals surface area contributed by atoms with Crippen molar-refractivity contribution in [1.29, 1.82) is 0 Å². The van der Waals surface area contributed by atoms with E-state index in [1.165, 1.54) is 0 Å². The van der Waals surface area contributed by atoms with E-state index in [1.807, 2.05) is 30.3 Å². The zero-order chi connectivity index (χ0) is 9.73. The maximum Gasteiger partial charge on any atom is 0.0321 e. The van der Waals surface area contributed by atoms with Crippen molar-refractivity contribution in [2.75, 3.05) is 13.2 Å². The molecule has 0 aliphatic rings. The van der Waals surface area contributed by atoms with Gasteiger partial charge in [0.25, 0.3) is 0 Å². The first-order valence-electron chi connectivity index (χ1n) is 4.21. The van der Waals surface area contributed by atoms with Crippen molar-refractivity contribution in [3.8, 4) is 0 Å². The van der Waals surface area contributed by atoms with Crippen LogP contribution >= 0.6 is 0 Å². The molecular weight excluding hydrogens is 847 g/mol. The first kappa shape index (κ1) is 24.4. The summed E-state index contributed by atoms with van der Waals surface area (Å²) in [5.41, 5.74) is 7.46. The minimum absolute atomic E-state index is 0.